The van der Waals surface area contributed by atoms with Crippen molar-refractivity contribution >= 4 is 40.0 Å². The molecule has 2 aromatic heterocycles. The standard InChI is InChI=1S/C26H26ClN7O/c1-32(19-9-10-19)15-3-4-22(35)33(2)20-11-13-21(14-12-20)34-26-23(25(28)29-16-30-26)24(31-34)17-5-7-18(27)8-6-17/h3-8,11-14,16,19H,9-10,15H2,1-2H3,(H2,28,29,30)/b4-3+. The highest BCUT2D eigenvalue weighted by atomic mass is 35.5. The predicted molar refractivity (Wildman–Crippen MR) is 140 cm³/mol. The molecule has 0 unspecified atom stereocenters. The summed E-state index contributed by atoms with van der Waals surface area (Å²) in [5.41, 5.74) is 9.91. The molecule has 5 rings (SSSR count). The van der Waals surface area contributed by atoms with E-state index in [9.17, 15) is 4.79 Å². The third-order valence-electron chi connectivity index (χ3n) is 6.25. The molecule has 2 aromatic carbocycles. The first-order valence-electron chi connectivity index (χ1n) is 11.4. The maximum atomic E-state index is 12.6. The summed E-state index contributed by atoms with van der Waals surface area (Å²) in [5, 5.41) is 6.11. The number of aromatic nitrogens is 4. The molecule has 0 aliphatic heterocycles. The SMILES string of the molecule is CN(C(=O)/C=C/CN(C)C1CC1)c1ccc(-n2nc(-c3ccc(Cl)cc3)c3c(N)ncnc32)cc1. The minimum Gasteiger partial charge on any atom is -0.383 e. The van der Waals surface area contributed by atoms with Gasteiger partial charge < -0.3 is 10.6 Å². The summed E-state index contributed by atoms with van der Waals surface area (Å²) in [7, 11) is 3.85. The second-order valence-corrected chi connectivity index (χ2v) is 9.15. The monoisotopic (exact) mass is 487 g/mol. The Kier molecular flexibility index (Phi) is 6.23. The van der Waals surface area contributed by atoms with Crippen LogP contribution < -0.4 is 10.6 Å². The summed E-state index contributed by atoms with van der Waals surface area (Å²) in [6.07, 6.45) is 7.47. The topological polar surface area (TPSA) is 93.2 Å². The van der Waals surface area contributed by atoms with Gasteiger partial charge in [0.2, 0.25) is 5.91 Å². The number of benzene rings is 2. The number of nitrogens with zero attached hydrogens (tertiary/aromatic N) is 6. The summed E-state index contributed by atoms with van der Waals surface area (Å²) in [6, 6.07) is 15.6. The van der Waals surface area contributed by atoms with E-state index in [0.29, 0.717) is 33.6 Å². The van der Waals surface area contributed by atoms with Gasteiger partial charge in [-0.25, -0.2) is 14.6 Å². The maximum Gasteiger partial charge on any atom is 0.250 e. The van der Waals surface area contributed by atoms with Crippen LogP contribution in [0.5, 0.6) is 0 Å². The quantitative estimate of drug-likeness (QED) is 0.390. The summed E-state index contributed by atoms with van der Waals surface area (Å²) in [6.45, 7) is 0.774. The normalized spacial score (nSPS) is 13.7. The highest BCUT2D eigenvalue weighted by molar-refractivity contribution is 6.30. The smallest absolute Gasteiger partial charge is 0.250 e. The van der Waals surface area contributed by atoms with E-state index in [4.69, 9.17) is 22.4 Å². The zero-order valence-corrected chi connectivity index (χ0v) is 20.4. The zero-order valence-electron chi connectivity index (χ0n) is 19.6. The van der Waals surface area contributed by atoms with Crippen molar-refractivity contribution in [3.63, 3.8) is 0 Å². The van der Waals surface area contributed by atoms with E-state index in [0.717, 1.165) is 23.5 Å². The van der Waals surface area contributed by atoms with Gasteiger partial charge in [-0.05, 0) is 56.3 Å². The van der Waals surface area contributed by atoms with Crippen LogP contribution in [0.15, 0.2) is 67.0 Å². The van der Waals surface area contributed by atoms with Crippen LogP contribution in [0.25, 0.3) is 28.0 Å². The fourth-order valence-corrected chi connectivity index (χ4v) is 4.13. The summed E-state index contributed by atoms with van der Waals surface area (Å²) in [5.74, 6) is 0.282. The molecule has 1 amide bonds. The number of nitrogen functional groups attached to an aromatic ring is 1. The van der Waals surface area contributed by atoms with Crippen molar-refractivity contribution in [2.75, 3.05) is 31.3 Å². The van der Waals surface area contributed by atoms with Crippen molar-refractivity contribution in [2.45, 2.75) is 18.9 Å². The van der Waals surface area contributed by atoms with E-state index in [1.807, 2.05) is 54.6 Å². The number of halogens is 1. The zero-order chi connectivity index (χ0) is 24.5. The first-order valence-corrected chi connectivity index (χ1v) is 11.8. The number of nitrogens with two attached hydrogens (primary N) is 1. The number of hydrogen-bond acceptors (Lipinski definition) is 6. The minimum absolute atomic E-state index is 0.0722. The Hall–Kier alpha value is -3.75. The maximum absolute atomic E-state index is 12.6. The van der Waals surface area contributed by atoms with Gasteiger partial charge in [-0.15, -0.1) is 0 Å². The molecule has 2 heterocycles. The molecule has 1 saturated carbocycles. The average Bonchev–Trinajstić information content (AvgIpc) is 3.65. The Balaban J connectivity index is 1.41. The Bertz CT molecular complexity index is 1390. The van der Waals surface area contributed by atoms with Crippen LogP contribution in [0, 0.1) is 0 Å². The molecule has 1 fully saturated rings. The molecule has 0 atom stereocenters. The number of carbonyl (C=O) groups is 1. The number of rotatable bonds is 7. The van der Waals surface area contributed by atoms with Crippen LogP contribution in [0.2, 0.25) is 5.02 Å². The van der Waals surface area contributed by atoms with Gasteiger partial charge in [0.1, 0.15) is 17.8 Å². The van der Waals surface area contributed by atoms with E-state index in [1.54, 1.807) is 22.7 Å². The Morgan fingerprint density at radius 2 is 1.83 bits per heavy atom. The lowest BCUT2D eigenvalue weighted by atomic mass is 10.1. The van der Waals surface area contributed by atoms with Crippen molar-refractivity contribution < 1.29 is 4.79 Å². The fourth-order valence-electron chi connectivity index (χ4n) is 4.01. The molecular weight excluding hydrogens is 462 g/mol. The second-order valence-electron chi connectivity index (χ2n) is 8.71. The van der Waals surface area contributed by atoms with Crippen LogP contribution in [0.3, 0.4) is 0 Å². The lowest BCUT2D eigenvalue weighted by Crippen LogP contribution is -2.25. The average molecular weight is 488 g/mol. The van der Waals surface area contributed by atoms with Crippen molar-refractivity contribution in [3.05, 3.63) is 72.0 Å². The molecule has 4 aromatic rings. The molecule has 0 bridgehead atoms. The van der Waals surface area contributed by atoms with Gasteiger partial charge in [0.05, 0.1) is 11.1 Å². The van der Waals surface area contributed by atoms with Gasteiger partial charge in [0.15, 0.2) is 5.65 Å². The molecule has 0 spiro atoms. The predicted octanol–water partition coefficient (Wildman–Crippen LogP) is 4.33. The van der Waals surface area contributed by atoms with Crippen LogP contribution in [-0.4, -0.2) is 57.2 Å². The number of amides is 1. The summed E-state index contributed by atoms with van der Waals surface area (Å²) < 4.78 is 1.73. The summed E-state index contributed by atoms with van der Waals surface area (Å²) in [4.78, 5) is 25.1. The van der Waals surface area contributed by atoms with Gasteiger partial charge in [-0.3, -0.25) is 9.69 Å². The Morgan fingerprint density at radius 1 is 1.11 bits per heavy atom. The van der Waals surface area contributed by atoms with Crippen molar-refractivity contribution in [3.8, 4) is 16.9 Å². The van der Waals surface area contributed by atoms with E-state index in [2.05, 4.69) is 21.9 Å². The molecule has 9 heteroatoms. The number of anilines is 2. The molecule has 1 aliphatic rings. The summed E-state index contributed by atoms with van der Waals surface area (Å²) >= 11 is 6.06. The third-order valence-corrected chi connectivity index (χ3v) is 6.50. The van der Waals surface area contributed by atoms with Gasteiger partial charge in [0, 0.05) is 42.0 Å². The van der Waals surface area contributed by atoms with Crippen LogP contribution >= 0.6 is 11.6 Å². The first kappa shape index (κ1) is 23.0. The minimum atomic E-state index is -0.0722. The molecule has 1 aliphatic carbocycles. The molecular formula is C26H26ClN7O. The van der Waals surface area contributed by atoms with E-state index >= 15 is 0 Å². The van der Waals surface area contributed by atoms with Gasteiger partial charge >= 0.3 is 0 Å². The molecule has 178 valence electrons. The largest absolute Gasteiger partial charge is 0.383 e. The van der Waals surface area contributed by atoms with Crippen molar-refractivity contribution in [1.82, 2.24) is 24.6 Å². The molecule has 8 nitrogen and oxygen atoms in total. The van der Waals surface area contributed by atoms with Gasteiger partial charge in [-0.2, -0.15) is 5.10 Å². The van der Waals surface area contributed by atoms with E-state index in [1.165, 1.54) is 19.2 Å². The second kappa shape index (κ2) is 9.48. The van der Waals surface area contributed by atoms with Gasteiger partial charge in [0.25, 0.3) is 0 Å². The van der Waals surface area contributed by atoms with Crippen molar-refractivity contribution in [1.29, 1.82) is 0 Å². The highest BCUT2D eigenvalue weighted by Gasteiger charge is 2.25. The number of fused-ring (bicyclic) bond motifs is 1. The molecule has 2 N–H and O–H groups in total. The number of likely N-dealkylation sites (N-methyl/N-ethyl adjacent to an activating group) is 2. The van der Waals surface area contributed by atoms with E-state index in [-0.39, 0.29) is 5.91 Å². The van der Waals surface area contributed by atoms with Crippen LogP contribution in [0.4, 0.5) is 11.5 Å². The number of hydrogen-bond donors (Lipinski definition) is 1. The van der Waals surface area contributed by atoms with Crippen LogP contribution in [0.1, 0.15) is 12.8 Å². The first-order chi connectivity index (χ1) is 16.9. The molecule has 0 saturated heterocycles. The van der Waals surface area contributed by atoms with E-state index < -0.39 is 0 Å². The molecule has 35 heavy (non-hydrogen) atoms. The Morgan fingerprint density at radius 3 is 2.51 bits per heavy atom. The van der Waals surface area contributed by atoms with Gasteiger partial charge in [-0.1, -0.05) is 29.8 Å². The van der Waals surface area contributed by atoms with Crippen LogP contribution in [-0.2, 0) is 4.79 Å². The Labute approximate surface area is 208 Å². The van der Waals surface area contributed by atoms with Crippen molar-refractivity contribution in [2.24, 2.45) is 0 Å². The lowest BCUT2D eigenvalue weighted by Gasteiger charge is -2.16. The molecule has 0 radical (unpaired) electrons. The third kappa shape index (κ3) is 4.76. The number of carbonyl (C=O) groups excluding carboxylic acids is 1. The fraction of sp³-hybridized carbons (Fsp3) is 0.231. The highest BCUT2D eigenvalue weighted by Crippen LogP contribution is 2.32. The lowest BCUT2D eigenvalue weighted by molar-refractivity contribution is -0.113.